The minimum Gasteiger partial charge on any atom is -0.454 e. The van der Waals surface area contributed by atoms with Crippen LogP contribution in [-0.4, -0.2) is 30.1 Å². The summed E-state index contributed by atoms with van der Waals surface area (Å²) < 4.78 is 49.0. The summed E-state index contributed by atoms with van der Waals surface area (Å²) in [5.41, 5.74) is 0.0373. The van der Waals surface area contributed by atoms with Gasteiger partial charge < -0.3 is 19.7 Å². The number of rotatable bonds is 4. The van der Waals surface area contributed by atoms with Crippen LogP contribution in [0.4, 0.5) is 18.9 Å². The molecule has 1 atom stereocenters. The zero-order valence-electron chi connectivity index (χ0n) is 15.2. The summed E-state index contributed by atoms with van der Waals surface area (Å²) in [7, 11) is 0. The summed E-state index contributed by atoms with van der Waals surface area (Å²) in [6, 6.07) is 9.78. The van der Waals surface area contributed by atoms with E-state index in [4.69, 9.17) is 9.47 Å². The Labute approximate surface area is 164 Å². The summed E-state index contributed by atoms with van der Waals surface area (Å²) in [6.45, 7) is 0.653. The summed E-state index contributed by atoms with van der Waals surface area (Å²) in [5.74, 6) is -0.0587. The number of hydrogen-bond acceptors (Lipinski definition) is 4. The number of hydrogen-bond donors (Lipinski definition) is 1. The van der Waals surface area contributed by atoms with E-state index >= 15 is 0 Å². The Hall–Kier alpha value is -3.23. The van der Waals surface area contributed by atoms with Gasteiger partial charge in [-0.15, -0.1) is 0 Å². The topological polar surface area (TPSA) is 67.9 Å². The van der Waals surface area contributed by atoms with E-state index in [0.29, 0.717) is 18.0 Å². The summed E-state index contributed by atoms with van der Waals surface area (Å²) >= 11 is 0. The van der Waals surface area contributed by atoms with Crippen LogP contribution in [0.2, 0.25) is 0 Å². The number of likely N-dealkylation sites (tertiary alicyclic amines) is 1. The summed E-state index contributed by atoms with van der Waals surface area (Å²) in [6.07, 6.45) is -4.49. The van der Waals surface area contributed by atoms with Gasteiger partial charge in [0.25, 0.3) is 0 Å². The van der Waals surface area contributed by atoms with Gasteiger partial charge in [-0.3, -0.25) is 9.59 Å². The zero-order valence-corrected chi connectivity index (χ0v) is 15.2. The first kappa shape index (κ1) is 19.1. The lowest BCUT2D eigenvalue weighted by Crippen LogP contribution is -2.28. The molecular formula is C20H17F3N2O4. The van der Waals surface area contributed by atoms with Crippen LogP contribution in [-0.2, 0) is 22.3 Å². The van der Waals surface area contributed by atoms with Crippen molar-refractivity contribution in [2.75, 3.05) is 18.7 Å². The molecule has 0 saturated carbocycles. The van der Waals surface area contributed by atoms with E-state index in [1.165, 1.54) is 12.1 Å². The number of nitrogens with one attached hydrogen (secondary N) is 1. The van der Waals surface area contributed by atoms with Crippen molar-refractivity contribution in [3.05, 3.63) is 53.6 Å². The molecule has 2 aliphatic rings. The fraction of sp³-hybridized carbons (Fsp3) is 0.300. The third-order valence-electron chi connectivity index (χ3n) is 4.85. The first-order valence-corrected chi connectivity index (χ1v) is 8.94. The molecule has 0 bridgehead atoms. The van der Waals surface area contributed by atoms with Crippen molar-refractivity contribution < 1.29 is 32.2 Å². The molecule has 0 radical (unpaired) electrons. The Morgan fingerprint density at radius 3 is 2.72 bits per heavy atom. The predicted octanol–water partition coefficient (Wildman–Crippen LogP) is 3.42. The standard InChI is InChI=1S/C20H17F3N2O4/c21-20(22,23)14-2-1-3-15(8-14)24-19(27)13-7-18(26)25(10-13)9-12-4-5-16-17(6-12)29-11-28-16/h1-6,8,13H,7,9-11H2,(H,24,27). The largest absolute Gasteiger partial charge is 0.454 e. The minimum absolute atomic E-state index is 0.00927. The van der Waals surface area contributed by atoms with E-state index in [9.17, 15) is 22.8 Å². The van der Waals surface area contributed by atoms with Crippen molar-refractivity contribution in [2.45, 2.75) is 19.1 Å². The highest BCUT2D eigenvalue weighted by Gasteiger charge is 2.35. The van der Waals surface area contributed by atoms with E-state index in [-0.39, 0.29) is 31.4 Å². The number of carbonyl (C=O) groups excluding carboxylic acids is 2. The van der Waals surface area contributed by atoms with Gasteiger partial charge in [0.05, 0.1) is 11.5 Å². The number of alkyl halides is 3. The Kier molecular flexibility index (Phi) is 4.81. The van der Waals surface area contributed by atoms with Crippen LogP contribution in [0, 0.1) is 5.92 Å². The van der Waals surface area contributed by atoms with Gasteiger partial charge in [-0.25, -0.2) is 0 Å². The highest BCUT2D eigenvalue weighted by Crippen LogP contribution is 2.34. The number of halogens is 3. The highest BCUT2D eigenvalue weighted by atomic mass is 19.4. The lowest BCUT2D eigenvalue weighted by molar-refractivity contribution is -0.137. The van der Waals surface area contributed by atoms with Crippen LogP contribution >= 0.6 is 0 Å². The second kappa shape index (κ2) is 7.31. The number of anilines is 1. The van der Waals surface area contributed by atoms with E-state index in [2.05, 4.69) is 5.32 Å². The molecule has 4 rings (SSSR count). The first-order chi connectivity index (χ1) is 13.8. The molecule has 1 unspecified atom stereocenters. The predicted molar refractivity (Wildman–Crippen MR) is 96.2 cm³/mol. The highest BCUT2D eigenvalue weighted by molar-refractivity contribution is 5.97. The Bertz CT molecular complexity index is 961. The normalized spacial score (nSPS) is 18.2. The van der Waals surface area contributed by atoms with Gasteiger partial charge >= 0.3 is 6.18 Å². The lowest BCUT2D eigenvalue weighted by Gasteiger charge is -2.17. The van der Waals surface area contributed by atoms with E-state index in [1.54, 1.807) is 17.0 Å². The van der Waals surface area contributed by atoms with Crippen molar-refractivity contribution in [3.63, 3.8) is 0 Å². The van der Waals surface area contributed by atoms with Crippen molar-refractivity contribution in [2.24, 2.45) is 5.92 Å². The van der Waals surface area contributed by atoms with Gasteiger partial charge in [0.1, 0.15) is 0 Å². The third-order valence-corrected chi connectivity index (χ3v) is 4.85. The molecule has 2 aromatic carbocycles. The molecule has 1 saturated heterocycles. The molecule has 1 fully saturated rings. The fourth-order valence-corrected chi connectivity index (χ4v) is 3.38. The van der Waals surface area contributed by atoms with E-state index < -0.39 is 23.6 Å². The van der Waals surface area contributed by atoms with Crippen LogP contribution < -0.4 is 14.8 Å². The number of ether oxygens (including phenoxy) is 2. The van der Waals surface area contributed by atoms with Crippen LogP contribution in [0.25, 0.3) is 0 Å². The molecule has 2 aliphatic heterocycles. The maximum absolute atomic E-state index is 12.8. The second-order valence-corrected chi connectivity index (χ2v) is 6.93. The number of benzene rings is 2. The van der Waals surface area contributed by atoms with E-state index in [1.807, 2.05) is 6.07 Å². The Morgan fingerprint density at radius 1 is 1.14 bits per heavy atom. The SMILES string of the molecule is O=C(Nc1cccc(C(F)(F)F)c1)C1CC(=O)N(Cc2ccc3c(c2)OCO3)C1. The molecule has 1 N–H and O–H groups in total. The molecule has 9 heteroatoms. The lowest BCUT2D eigenvalue weighted by atomic mass is 10.1. The zero-order chi connectivity index (χ0) is 20.6. The second-order valence-electron chi connectivity index (χ2n) is 6.93. The molecule has 29 heavy (non-hydrogen) atoms. The van der Waals surface area contributed by atoms with Crippen LogP contribution in [0.5, 0.6) is 11.5 Å². The van der Waals surface area contributed by atoms with Gasteiger partial charge in [0, 0.05) is 25.2 Å². The average molecular weight is 406 g/mol. The number of carbonyl (C=O) groups is 2. The number of fused-ring (bicyclic) bond motifs is 1. The molecule has 2 heterocycles. The van der Waals surface area contributed by atoms with Gasteiger partial charge in [-0.1, -0.05) is 12.1 Å². The van der Waals surface area contributed by atoms with Gasteiger partial charge in [0.15, 0.2) is 11.5 Å². The Balaban J connectivity index is 1.39. The molecule has 0 aliphatic carbocycles. The molecule has 152 valence electrons. The monoisotopic (exact) mass is 406 g/mol. The third kappa shape index (κ3) is 4.13. The molecule has 2 aromatic rings. The van der Waals surface area contributed by atoms with Crippen molar-refractivity contribution >= 4 is 17.5 Å². The molecule has 2 amide bonds. The van der Waals surface area contributed by atoms with Crippen molar-refractivity contribution in [1.82, 2.24) is 4.90 Å². The maximum atomic E-state index is 12.8. The quantitative estimate of drug-likeness (QED) is 0.845. The average Bonchev–Trinajstić information content (AvgIpc) is 3.28. The number of amides is 2. The van der Waals surface area contributed by atoms with Crippen molar-refractivity contribution in [3.8, 4) is 11.5 Å². The van der Waals surface area contributed by atoms with Crippen LogP contribution in [0.15, 0.2) is 42.5 Å². The Morgan fingerprint density at radius 2 is 1.93 bits per heavy atom. The molecule has 0 aromatic heterocycles. The number of nitrogens with zero attached hydrogens (tertiary/aromatic N) is 1. The summed E-state index contributed by atoms with van der Waals surface area (Å²) in [5, 5.41) is 2.48. The van der Waals surface area contributed by atoms with Crippen LogP contribution in [0.3, 0.4) is 0 Å². The first-order valence-electron chi connectivity index (χ1n) is 8.94. The minimum atomic E-state index is -4.49. The summed E-state index contributed by atoms with van der Waals surface area (Å²) in [4.78, 5) is 26.3. The van der Waals surface area contributed by atoms with Crippen LogP contribution in [0.1, 0.15) is 17.5 Å². The fourth-order valence-electron chi connectivity index (χ4n) is 3.38. The van der Waals surface area contributed by atoms with Gasteiger partial charge in [0.2, 0.25) is 18.6 Å². The molecule has 6 nitrogen and oxygen atoms in total. The van der Waals surface area contributed by atoms with E-state index in [0.717, 1.165) is 17.7 Å². The van der Waals surface area contributed by atoms with Gasteiger partial charge in [-0.2, -0.15) is 13.2 Å². The molecule has 0 spiro atoms. The van der Waals surface area contributed by atoms with Crippen molar-refractivity contribution in [1.29, 1.82) is 0 Å². The smallest absolute Gasteiger partial charge is 0.416 e. The maximum Gasteiger partial charge on any atom is 0.416 e. The van der Waals surface area contributed by atoms with Gasteiger partial charge in [-0.05, 0) is 35.9 Å². The molecular weight excluding hydrogens is 389 g/mol.